The van der Waals surface area contributed by atoms with Crippen molar-refractivity contribution >= 4 is 34.2 Å². The Hall–Kier alpha value is -3.51. The van der Waals surface area contributed by atoms with E-state index in [0.717, 1.165) is 22.5 Å². The van der Waals surface area contributed by atoms with Gasteiger partial charge in [0.25, 0.3) is 0 Å². The summed E-state index contributed by atoms with van der Waals surface area (Å²) in [6.07, 6.45) is 0.396. The molecule has 2 heterocycles. The predicted molar refractivity (Wildman–Crippen MR) is 129 cm³/mol. The smallest absolute Gasteiger partial charge is 0.227 e. The molecule has 0 radical (unpaired) electrons. The zero-order chi connectivity index (χ0) is 22.8. The number of carbonyl (C=O) groups is 1. The van der Waals surface area contributed by atoms with Crippen LogP contribution >= 0.6 is 11.6 Å². The molecule has 0 N–H and O–H groups in total. The molecule has 0 unspecified atom stereocenters. The highest BCUT2D eigenvalue weighted by Crippen LogP contribution is 2.37. The first-order valence-electron chi connectivity index (χ1n) is 10.9. The average molecular weight is 462 g/mol. The van der Waals surface area contributed by atoms with E-state index in [1.165, 1.54) is 0 Å². The molecule has 1 atom stereocenters. The number of benzene rings is 3. The van der Waals surface area contributed by atoms with Crippen molar-refractivity contribution in [2.75, 3.05) is 25.2 Å². The van der Waals surface area contributed by atoms with Crippen LogP contribution in [0.2, 0.25) is 5.02 Å². The Labute approximate surface area is 197 Å². The van der Waals surface area contributed by atoms with Crippen LogP contribution in [0.15, 0.2) is 72.8 Å². The van der Waals surface area contributed by atoms with E-state index in [2.05, 4.69) is 10.6 Å². The molecule has 1 amide bonds. The van der Waals surface area contributed by atoms with Crippen molar-refractivity contribution in [2.45, 2.75) is 18.9 Å². The largest absolute Gasteiger partial charge is 0.495 e. The van der Waals surface area contributed by atoms with Crippen LogP contribution in [0.1, 0.15) is 18.2 Å². The van der Waals surface area contributed by atoms with Crippen LogP contribution in [0.3, 0.4) is 0 Å². The van der Waals surface area contributed by atoms with E-state index in [0.29, 0.717) is 42.6 Å². The van der Waals surface area contributed by atoms with Gasteiger partial charge in [-0.05, 0) is 36.4 Å². The Bertz CT molecular complexity index is 1300. The van der Waals surface area contributed by atoms with Crippen molar-refractivity contribution in [1.82, 2.24) is 9.55 Å². The molecule has 1 aromatic heterocycles. The molecule has 33 heavy (non-hydrogen) atoms. The zero-order valence-corrected chi connectivity index (χ0v) is 19.0. The third kappa shape index (κ3) is 4.14. The summed E-state index contributed by atoms with van der Waals surface area (Å²) in [5.74, 6) is 2.27. The summed E-state index contributed by atoms with van der Waals surface area (Å²) in [6, 6.07) is 23.1. The fourth-order valence-electron chi connectivity index (χ4n) is 4.42. The summed E-state index contributed by atoms with van der Waals surface area (Å²) in [6.45, 7) is 1.59. The highest BCUT2D eigenvalue weighted by atomic mass is 35.5. The van der Waals surface area contributed by atoms with Gasteiger partial charge in [-0.2, -0.15) is 0 Å². The summed E-state index contributed by atoms with van der Waals surface area (Å²) < 4.78 is 13.6. The minimum absolute atomic E-state index is 0.0323. The van der Waals surface area contributed by atoms with Crippen LogP contribution in [0.25, 0.3) is 11.0 Å². The van der Waals surface area contributed by atoms with Gasteiger partial charge in [-0.25, -0.2) is 4.98 Å². The molecule has 5 rings (SSSR count). The van der Waals surface area contributed by atoms with Gasteiger partial charge in [-0.3, -0.25) is 4.79 Å². The molecule has 0 aliphatic carbocycles. The van der Waals surface area contributed by atoms with Crippen LogP contribution in [-0.4, -0.2) is 35.7 Å². The molecular weight excluding hydrogens is 438 g/mol. The highest BCUT2D eigenvalue weighted by molar-refractivity contribution is 6.32. The summed E-state index contributed by atoms with van der Waals surface area (Å²) in [7, 11) is 1.62. The second-order valence-electron chi connectivity index (χ2n) is 7.97. The predicted octanol–water partition coefficient (Wildman–Crippen LogP) is 5.30. The Kier molecular flexibility index (Phi) is 5.92. The molecular formula is C26H24ClN3O3. The van der Waals surface area contributed by atoms with Crippen LogP contribution in [0.5, 0.6) is 11.5 Å². The fraction of sp³-hybridized carbons (Fsp3) is 0.231. The van der Waals surface area contributed by atoms with Crippen LogP contribution in [0, 0.1) is 0 Å². The Morgan fingerprint density at radius 1 is 1.00 bits per heavy atom. The van der Waals surface area contributed by atoms with Crippen molar-refractivity contribution in [3.8, 4) is 11.5 Å². The number of carbonyl (C=O) groups excluding carboxylic acids is 1. The van der Waals surface area contributed by atoms with Crippen LogP contribution in [-0.2, 0) is 11.3 Å². The number of rotatable bonds is 7. The Balaban J connectivity index is 1.42. The number of fused-ring (bicyclic) bond motifs is 1. The fourth-order valence-corrected chi connectivity index (χ4v) is 4.61. The number of aromatic nitrogens is 2. The lowest BCUT2D eigenvalue weighted by molar-refractivity contribution is -0.117. The van der Waals surface area contributed by atoms with E-state index in [1.54, 1.807) is 12.0 Å². The maximum Gasteiger partial charge on any atom is 0.227 e. The molecule has 1 fully saturated rings. The molecule has 0 saturated carbocycles. The number of para-hydroxylation sites is 5. The summed E-state index contributed by atoms with van der Waals surface area (Å²) in [5.41, 5.74) is 2.73. The first-order chi connectivity index (χ1) is 16.2. The summed E-state index contributed by atoms with van der Waals surface area (Å²) >= 11 is 6.23. The van der Waals surface area contributed by atoms with E-state index < -0.39 is 0 Å². The van der Waals surface area contributed by atoms with Gasteiger partial charge in [0, 0.05) is 18.9 Å². The van der Waals surface area contributed by atoms with Crippen LogP contribution in [0.4, 0.5) is 5.69 Å². The van der Waals surface area contributed by atoms with Gasteiger partial charge in [0.2, 0.25) is 5.91 Å². The van der Waals surface area contributed by atoms with Crippen molar-refractivity contribution in [1.29, 1.82) is 0 Å². The number of hydrogen-bond donors (Lipinski definition) is 0. The average Bonchev–Trinajstić information content (AvgIpc) is 3.41. The summed E-state index contributed by atoms with van der Waals surface area (Å²) in [4.78, 5) is 19.7. The lowest BCUT2D eigenvalue weighted by Gasteiger charge is -2.20. The van der Waals surface area contributed by atoms with Gasteiger partial charge < -0.3 is 18.9 Å². The maximum atomic E-state index is 13.0. The molecule has 6 nitrogen and oxygen atoms in total. The first kappa shape index (κ1) is 21.3. The van der Waals surface area contributed by atoms with Crippen molar-refractivity contribution < 1.29 is 14.3 Å². The number of amides is 1. The number of nitrogens with zero attached hydrogens (tertiary/aromatic N) is 3. The topological polar surface area (TPSA) is 56.6 Å². The molecule has 0 spiro atoms. The lowest BCUT2D eigenvalue weighted by atomic mass is 10.1. The number of halogens is 1. The minimum atomic E-state index is -0.0323. The molecule has 1 aliphatic rings. The molecule has 0 bridgehead atoms. The number of methoxy groups -OCH3 is 1. The first-order valence-corrected chi connectivity index (χ1v) is 11.3. The molecule has 3 aromatic carbocycles. The van der Waals surface area contributed by atoms with Crippen LogP contribution < -0.4 is 14.4 Å². The normalized spacial score (nSPS) is 15.9. The minimum Gasteiger partial charge on any atom is -0.495 e. The Morgan fingerprint density at radius 2 is 1.73 bits per heavy atom. The van der Waals surface area contributed by atoms with Crippen molar-refractivity contribution in [3.05, 3.63) is 83.6 Å². The van der Waals surface area contributed by atoms with E-state index in [-0.39, 0.29) is 11.8 Å². The van der Waals surface area contributed by atoms with E-state index in [1.807, 2.05) is 66.7 Å². The zero-order valence-electron chi connectivity index (χ0n) is 18.3. The molecule has 4 aromatic rings. The van der Waals surface area contributed by atoms with Crippen molar-refractivity contribution in [3.63, 3.8) is 0 Å². The van der Waals surface area contributed by atoms with Gasteiger partial charge in [0.1, 0.15) is 23.9 Å². The number of anilines is 1. The van der Waals surface area contributed by atoms with E-state index >= 15 is 0 Å². The van der Waals surface area contributed by atoms with Crippen molar-refractivity contribution in [2.24, 2.45) is 0 Å². The second kappa shape index (κ2) is 9.16. The third-order valence-corrected chi connectivity index (χ3v) is 6.27. The van der Waals surface area contributed by atoms with E-state index in [4.69, 9.17) is 26.1 Å². The van der Waals surface area contributed by atoms with Gasteiger partial charge >= 0.3 is 0 Å². The Morgan fingerprint density at radius 3 is 2.55 bits per heavy atom. The number of imidazole rings is 1. The monoisotopic (exact) mass is 461 g/mol. The number of hydrogen-bond acceptors (Lipinski definition) is 4. The van der Waals surface area contributed by atoms with Gasteiger partial charge in [0.15, 0.2) is 0 Å². The summed E-state index contributed by atoms with van der Waals surface area (Å²) in [5, 5.41) is 0.585. The third-order valence-electron chi connectivity index (χ3n) is 5.96. The molecule has 7 heteroatoms. The molecule has 168 valence electrons. The van der Waals surface area contributed by atoms with Gasteiger partial charge in [-0.1, -0.05) is 48.0 Å². The van der Waals surface area contributed by atoms with Gasteiger partial charge in [0.05, 0.1) is 35.4 Å². The highest BCUT2D eigenvalue weighted by Gasteiger charge is 2.35. The molecule has 1 saturated heterocycles. The molecule has 1 aliphatic heterocycles. The van der Waals surface area contributed by atoms with Gasteiger partial charge in [-0.15, -0.1) is 0 Å². The van der Waals surface area contributed by atoms with E-state index in [9.17, 15) is 4.79 Å². The second-order valence-corrected chi connectivity index (χ2v) is 8.37. The number of ether oxygens (including phenoxy) is 2. The quantitative estimate of drug-likeness (QED) is 0.375. The standard InChI is InChI=1S/C26H24ClN3O3/c1-32-24-13-7-5-11-22(24)30-17-18(16-25(30)31)26-28-20-9-3-4-10-21(20)29(26)14-15-33-23-12-6-2-8-19(23)27/h2-13,18H,14-17H2,1H3/t18-/m1/s1. The SMILES string of the molecule is COc1ccccc1N1C[C@H](c2nc3ccccc3n2CCOc2ccccc2Cl)CC1=O. The maximum absolute atomic E-state index is 13.0. The lowest BCUT2D eigenvalue weighted by Crippen LogP contribution is -2.25.